The predicted octanol–water partition coefficient (Wildman–Crippen LogP) is 22.7. The van der Waals surface area contributed by atoms with Gasteiger partial charge in [0.2, 0.25) is 0 Å². The van der Waals surface area contributed by atoms with Crippen molar-refractivity contribution in [3.63, 3.8) is 0 Å². The van der Waals surface area contributed by atoms with Crippen LogP contribution in [0.3, 0.4) is 0 Å². The summed E-state index contributed by atoms with van der Waals surface area (Å²) in [6.07, 6.45) is 0. The Morgan fingerprint density at radius 1 is 0.244 bits per heavy atom. The molecule has 1 atom stereocenters. The Morgan fingerprint density at radius 2 is 0.700 bits per heavy atom. The molecule has 4 heteroatoms. The molecule has 0 N–H and O–H groups in total. The summed E-state index contributed by atoms with van der Waals surface area (Å²) in [5.41, 5.74) is 24.5. The summed E-state index contributed by atoms with van der Waals surface area (Å²) in [5.74, 6) is 0. The van der Waals surface area contributed by atoms with E-state index >= 15 is 0 Å². The Balaban J connectivity index is 0.810. The zero-order valence-electron chi connectivity index (χ0n) is 48.6. The Morgan fingerprint density at radius 3 is 1.36 bits per heavy atom. The van der Waals surface area contributed by atoms with E-state index in [1.54, 1.807) is 0 Å². The summed E-state index contributed by atoms with van der Waals surface area (Å²) in [6.45, 7) is 0. The molecule has 4 heterocycles. The van der Waals surface area contributed by atoms with Crippen LogP contribution < -0.4 is 0 Å². The second kappa shape index (κ2) is 18.0. The van der Waals surface area contributed by atoms with E-state index in [9.17, 15) is 0 Å². The topological polar surface area (TPSA) is 9.86 Å². The molecule has 2 nitrogen and oxygen atoms in total. The molecule has 0 radical (unpaired) electrons. The Bertz CT molecular complexity index is 6020. The predicted molar refractivity (Wildman–Crippen MR) is 376 cm³/mol. The number of hydrogen-bond acceptors (Lipinski definition) is 2. The molecule has 2 aliphatic heterocycles. The average molecular weight is 1180 g/mol. The van der Waals surface area contributed by atoms with E-state index in [1.165, 1.54) is 173 Å². The molecular weight excluding hydrogens is 1130 g/mol. The Kier molecular flexibility index (Phi) is 9.89. The molecule has 4 aliphatic rings. The normalized spacial score (nSPS) is 15.4. The van der Waals surface area contributed by atoms with Gasteiger partial charge in [0.05, 0.1) is 32.9 Å². The zero-order valence-corrected chi connectivity index (χ0v) is 50.2. The van der Waals surface area contributed by atoms with Gasteiger partial charge in [-0.05, 0) is 154 Å². The van der Waals surface area contributed by atoms with Gasteiger partial charge in [-0.2, -0.15) is 0 Å². The monoisotopic (exact) mass is 1170 g/mol. The van der Waals surface area contributed by atoms with Gasteiger partial charge >= 0.3 is 0 Å². The molecule has 0 fully saturated rings. The van der Waals surface area contributed by atoms with Crippen molar-refractivity contribution in [3.05, 3.63) is 348 Å². The lowest BCUT2D eigenvalue weighted by molar-refractivity contribution is 0.726. The van der Waals surface area contributed by atoms with Crippen molar-refractivity contribution in [2.24, 2.45) is 0 Å². The Labute approximate surface area is 528 Å². The lowest BCUT2D eigenvalue weighted by Crippen LogP contribution is -2.32. The average Bonchev–Trinajstić information content (AvgIpc) is 1.80. The van der Waals surface area contributed by atoms with Crippen molar-refractivity contribution < 1.29 is 0 Å². The van der Waals surface area contributed by atoms with Gasteiger partial charge < -0.3 is 9.13 Å². The number of para-hydroxylation sites is 1. The van der Waals surface area contributed by atoms with Crippen LogP contribution in [0, 0.1) is 0 Å². The molecule has 2 spiro atoms. The molecule has 0 bridgehead atoms. The highest BCUT2D eigenvalue weighted by Crippen LogP contribution is 2.66. The molecule has 0 saturated carbocycles. The zero-order chi connectivity index (χ0) is 58.6. The van der Waals surface area contributed by atoms with Crippen LogP contribution in [-0.4, -0.2) is 9.13 Å². The van der Waals surface area contributed by atoms with Crippen LogP contribution in [0.2, 0.25) is 0 Å². The minimum Gasteiger partial charge on any atom is -0.309 e. The van der Waals surface area contributed by atoms with Crippen LogP contribution in [-0.2, 0) is 10.8 Å². The summed E-state index contributed by atoms with van der Waals surface area (Å²) in [5, 5.41) is 12.5. The lowest BCUT2D eigenvalue weighted by atomic mass is 9.67. The fraction of sp³-hybridized carbons (Fsp3) is 0.0233. The van der Waals surface area contributed by atoms with Gasteiger partial charge in [-0.15, -0.1) is 0 Å². The molecular formula is C86H50N2S2. The fourth-order valence-electron chi connectivity index (χ4n) is 17.3. The van der Waals surface area contributed by atoms with E-state index in [-0.39, 0.29) is 0 Å². The number of benzene rings is 15. The third-order valence-electron chi connectivity index (χ3n) is 20.8. The first-order valence-electron chi connectivity index (χ1n) is 31.2. The minimum atomic E-state index is -0.571. The highest BCUT2D eigenvalue weighted by atomic mass is 32.2. The van der Waals surface area contributed by atoms with Gasteiger partial charge in [-0.25, -0.2) is 0 Å². The largest absolute Gasteiger partial charge is 0.309 e. The smallest absolute Gasteiger partial charge is 0.0735 e. The van der Waals surface area contributed by atoms with Crippen molar-refractivity contribution in [3.8, 4) is 44.8 Å². The van der Waals surface area contributed by atoms with Gasteiger partial charge in [0.1, 0.15) is 0 Å². The minimum absolute atomic E-state index is 0.490. The molecule has 2 aliphatic carbocycles. The van der Waals surface area contributed by atoms with Gasteiger partial charge in [0, 0.05) is 63.3 Å². The van der Waals surface area contributed by atoms with Crippen molar-refractivity contribution >= 4 is 99.5 Å². The second-order valence-corrected chi connectivity index (χ2v) is 27.0. The third kappa shape index (κ3) is 6.18. The van der Waals surface area contributed by atoms with Crippen LogP contribution >= 0.6 is 23.5 Å². The maximum absolute atomic E-state index is 2.59. The van der Waals surface area contributed by atoms with E-state index < -0.39 is 10.8 Å². The summed E-state index contributed by atoms with van der Waals surface area (Å²) in [6, 6.07) is 116. The van der Waals surface area contributed by atoms with Gasteiger partial charge in [0.25, 0.3) is 0 Å². The van der Waals surface area contributed by atoms with E-state index in [0.29, 0.717) is 0 Å². The molecule has 2 aromatic heterocycles. The third-order valence-corrected chi connectivity index (χ3v) is 23.2. The molecule has 0 amide bonds. The summed E-state index contributed by atoms with van der Waals surface area (Å²) in [7, 11) is 0. The first-order valence-corrected chi connectivity index (χ1v) is 32.9. The molecule has 90 heavy (non-hydrogen) atoms. The summed E-state index contributed by atoms with van der Waals surface area (Å²) < 4.78 is 5.10. The first kappa shape index (κ1) is 49.4. The van der Waals surface area contributed by atoms with E-state index in [4.69, 9.17) is 0 Å². The van der Waals surface area contributed by atoms with Crippen LogP contribution in [0.25, 0.3) is 121 Å². The van der Waals surface area contributed by atoms with Gasteiger partial charge in [-0.3, -0.25) is 0 Å². The second-order valence-electron chi connectivity index (χ2n) is 24.8. The molecule has 17 aromatic rings. The number of fused-ring (bicyclic) bond motifs is 31. The van der Waals surface area contributed by atoms with E-state index in [2.05, 4.69) is 312 Å². The Hall–Kier alpha value is -10.6. The number of hydrogen-bond donors (Lipinski definition) is 0. The van der Waals surface area contributed by atoms with E-state index in [0.717, 1.165) is 11.4 Å². The lowest BCUT2D eigenvalue weighted by Gasteiger charge is -2.40. The van der Waals surface area contributed by atoms with Crippen LogP contribution in [0.5, 0.6) is 0 Å². The molecule has 15 aromatic carbocycles. The van der Waals surface area contributed by atoms with Crippen LogP contribution in [0.4, 0.5) is 0 Å². The number of aromatic nitrogens is 2. The van der Waals surface area contributed by atoms with Gasteiger partial charge in [0.15, 0.2) is 0 Å². The maximum Gasteiger partial charge on any atom is 0.0735 e. The quantitative estimate of drug-likeness (QED) is 0.174. The maximum atomic E-state index is 2.59. The van der Waals surface area contributed by atoms with Crippen LogP contribution in [0.15, 0.2) is 323 Å². The SMILES string of the molecule is c1ccc(-n2c3ccc4c(c3c3ccc5ccccc5c32)Sc2ccccc2C42c3ccccc3-c3cc(-c4cccc5c4ccc4c6c7c(ccc6n(-c6ccc8ccccc8c6)c54)C4(c5ccccc5S7)c5ccccc5-c5ccccc54)ccc32)cc1. The highest BCUT2D eigenvalue weighted by Gasteiger charge is 2.52. The van der Waals surface area contributed by atoms with Crippen molar-refractivity contribution in [2.45, 2.75) is 30.4 Å². The van der Waals surface area contributed by atoms with Crippen molar-refractivity contribution in [2.75, 3.05) is 0 Å². The number of nitrogens with zero attached hydrogens (tertiary/aromatic N) is 2. The van der Waals surface area contributed by atoms with Crippen molar-refractivity contribution in [1.82, 2.24) is 9.13 Å². The number of rotatable bonds is 3. The molecule has 416 valence electrons. The standard InChI is InChI=1S/C86H50N2S2/c1-2-22-55(23-3-1)87-75-47-45-74-84(79(75)64-41-38-52-20-6-7-24-58(52)81(64)87)90-78-36-17-15-34-72(78)86(74)69-32-13-10-27-62(69)66-50-54(39-44-70(66)86)57-28-18-29-63-59(57)42-43-65-80-76(88(82(63)65)56-40-37-51-19-4-5-21-53(51)49-56)48-46-73-83(80)89-77-35-16-14-33-71(77)85(73)67-30-11-8-25-60(67)61-26-9-12-31-68(61)85/h1-50H. The van der Waals surface area contributed by atoms with Crippen LogP contribution in [0.1, 0.15) is 44.5 Å². The van der Waals surface area contributed by atoms with Gasteiger partial charge in [-0.1, -0.05) is 272 Å². The molecule has 1 unspecified atom stereocenters. The highest BCUT2D eigenvalue weighted by molar-refractivity contribution is 8.00. The van der Waals surface area contributed by atoms with Crippen molar-refractivity contribution in [1.29, 1.82) is 0 Å². The molecule has 21 rings (SSSR count). The molecule has 0 saturated heterocycles. The summed E-state index contributed by atoms with van der Waals surface area (Å²) in [4.78, 5) is 5.24. The fourth-order valence-corrected chi connectivity index (χ4v) is 20.0. The summed E-state index contributed by atoms with van der Waals surface area (Å²) >= 11 is 3.89. The first-order chi connectivity index (χ1) is 44.7. The van der Waals surface area contributed by atoms with E-state index in [1.807, 2.05) is 23.5 Å².